The van der Waals surface area contributed by atoms with Gasteiger partial charge in [-0.15, -0.1) is 0 Å². The normalized spacial score (nSPS) is 12.0. The summed E-state index contributed by atoms with van der Waals surface area (Å²) in [5, 5.41) is 9.08. The highest BCUT2D eigenvalue weighted by atomic mass is 35.5. The lowest BCUT2D eigenvalue weighted by Gasteiger charge is -2.15. The Morgan fingerprint density at radius 2 is 2.16 bits per heavy atom. The van der Waals surface area contributed by atoms with E-state index >= 15 is 0 Å². The van der Waals surface area contributed by atoms with E-state index in [9.17, 15) is 13.2 Å². The number of nitrogens with one attached hydrogen (secondary N) is 1. The maximum Gasteiger partial charge on any atom is 0.274 e. The number of ether oxygens (including phenoxy) is 1. The second-order valence-electron chi connectivity index (χ2n) is 5.11. The number of amides is 1. The van der Waals surface area contributed by atoms with Crippen molar-refractivity contribution in [1.82, 2.24) is 9.71 Å². The first-order valence-corrected chi connectivity index (χ1v) is 9.14. The van der Waals surface area contributed by atoms with Gasteiger partial charge in [0.25, 0.3) is 5.91 Å². The zero-order chi connectivity index (χ0) is 18.4. The Balaban J connectivity index is 1.99. The molecule has 9 heteroatoms. The van der Waals surface area contributed by atoms with Gasteiger partial charge in [-0.25, -0.2) is 18.1 Å². The van der Waals surface area contributed by atoms with Crippen molar-refractivity contribution in [3.63, 3.8) is 0 Å². The molecule has 2 aromatic rings. The van der Waals surface area contributed by atoms with Gasteiger partial charge in [0.1, 0.15) is 10.9 Å². The van der Waals surface area contributed by atoms with Crippen molar-refractivity contribution in [2.75, 3.05) is 0 Å². The minimum absolute atomic E-state index is 0.242. The summed E-state index contributed by atoms with van der Waals surface area (Å²) in [5.41, 5.74) is 0.757. The second kappa shape index (κ2) is 7.96. The van der Waals surface area contributed by atoms with Crippen LogP contribution in [-0.2, 0) is 20.6 Å². The molecule has 1 aromatic heterocycles. The van der Waals surface area contributed by atoms with Gasteiger partial charge in [-0.1, -0.05) is 23.7 Å². The molecule has 0 aliphatic carbocycles. The minimum atomic E-state index is -3.91. The smallest absolute Gasteiger partial charge is 0.274 e. The molecule has 0 aliphatic heterocycles. The van der Waals surface area contributed by atoms with Crippen LogP contribution in [0, 0.1) is 11.3 Å². The average molecular weight is 380 g/mol. The third-order valence-corrected chi connectivity index (χ3v) is 4.50. The number of nitrogens with zero attached hydrogens (tertiary/aromatic N) is 2. The van der Waals surface area contributed by atoms with Crippen LogP contribution in [0.15, 0.2) is 42.6 Å². The van der Waals surface area contributed by atoms with Crippen LogP contribution in [0.2, 0.25) is 5.15 Å². The quantitative estimate of drug-likeness (QED) is 0.769. The Morgan fingerprint density at radius 3 is 2.80 bits per heavy atom. The van der Waals surface area contributed by atoms with Crippen LogP contribution >= 0.6 is 11.6 Å². The molecule has 0 bridgehead atoms. The summed E-state index contributed by atoms with van der Waals surface area (Å²) in [4.78, 5) is 15.8. The number of aromatic nitrogens is 1. The van der Waals surface area contributed by atoms with Crippen LogP contribution in [0.1, 0.15) is 18.1 Å². The highest BCUT2D eigenvalue weighted by Crippen LogP contribution is 2.15. The third kappa shape index (κ3) is 5.74. The molecule has 2 rings (SSSR count). The number of nitriles is 1. The molecule has 1 aromatic carbocycles. The summed E-state index contributed by atoms with van der Waals surface area (Å²) in [6.45, 7) is 1.41. The summed E-state index contributed by atoms with van der Waals surface area (Å²) in [5.74, 6) is -0.940. The Kier molecular flexibility index (Phi) is 5.96. The molecule has 1 atom stereocenters. The van der Waals surface area contributed by atoms with Crippen molar-refractivity contribution in [3.8, 4) is 11.8 Å². The van der Waals surface area contributed by atoms with Gasteiger partial charge >= 0.3 is 0 Å². The van der Waals surface area contributed by atoms with E-state index in [-0.39, 0.29) is 5.15 Å². The van der Waals surface area contributed by atoms with Crippen LogP contribution < -0.4 is 9.46 Å². The molecule has 0 spiro atoms. The Morgan fingerprint density at radius 1 is 1.40 bits per heavy atom. The number of pyridine rings is 1. The highest BCUT2D eigenvalue weighted by Gasteiger charge is 2.22. The Labute approximate surface area is 150 Å². The van der Waals surface area contributed by atoms with Crippen LogP contribution in [0.25, 0.3) is 0 Å². The molecule has 0 saturated heterocycles. The van der Waals surface area contributed by atoms with Crippen molar-refractivity contribution in [3.05, 3.63) is 58.9 Å². The lowest BCUT2D eigenvalue weighted by molar-refractivity contribution is -0.125. The minimum Gasteiger partial charge on any atom is -0.481 e. The van der Waals surface area contributed by atoms with Gasteiger partial charge in [0.15, 0.2) is 6.10 Å². The number of sulfonamides is 1. The summed E-state index contributed by atoms with van der Waals surface area (Å²) in [6, 6.07) is 11.1. The van der Waals surface area contributed by atoms with Crippen molar-refractivity contribution >= 4 is 27.5 Å². The van der Waals surface area contributed by atoms with E-state index in [1.807, 2.05) is 10.8 Å². The van der Waals surface area contributed by atoms with E-state index < -0.39 is 27.8 Å². The number of rotatable bonds is 6. The van der Waals surface area contributed by atoms with Crippen LogP contribution in [0.5, 0.6) is 5.75 Å². The maximum atomic E-state index is 12.1. The molecule has 130 valence electrons. The number of halogens is 1. The molecule has 1 N–H and O–H groups in total. The fourth-order valence-electron chi connectivity index (χ4n) is 1.88. The van der Waals surface area contributed by atoms with E-state index in [0.29, 0.717) is 16.9 Å². The number of carbonyl (C=O) groups is 1. The number of carbonyl (C=O) groups excluding carboxylic acids is 1. The molecule has 1 amide bonds. The molecule has 7 nitrogen and oxygen atoms in total. The highest BCUT2D eigenvalue weighted by molar-refractivity contribution is 7.89. The molecular formula is C16H14ClN3O4S. The predicted molar refractivity (Wildman–Crippen MR) is 91.3 cm³/mol. The Hall–Kier alpha value is -2.63. The van der Waals surface area contributed by atoms with Gasteiger partial charge < -0.3 is 4.74 Å². The molecule has 0 fully saturated rings. The van der Waals surface area contributed by atoms with Gasteiger partial charge in [-0.3, -0.25) is 4.79 Å². The van der Waals surface area contributed by atoms with Crippen LogP contribution in [-0.4, -0.2) is 25.4 Å². The molecule has 25 heavy (non-hydrogen) atoms. The SMILES string of the molecule is CC(Oc1cccc(C#N)c1)C(=O)NS(=O)(=O)Cc1ccc(Cl)nc1. The lowest BCUT2D eigenvalue weighted by atomic mass is 10.2. The zero-order valence-electron chi connectivity index (χ0n) is 13.1. The molecule has 0 radical (unpaired) electrons. The molecule has 0 aliphatic rings. The molecule has 1 heterocycles. The first-order chi connectivity index (χ1) is 11.8. The van der Waals surface area contributed by atoms with E-state index in [0.717, 1.165) is 0 Å². The van der Waals surface area contributed by atoms with Crippen LogP contribution in [0.4, 0.5) is 0 Å². The van der Waals surface area contributed by atoms with Gasteiger partial charge in [-0.05, 0) is 36.8 Å². The Bertz CT molecular complexity index is 908. The maximum absolute atomic E-state index is 12.1. The van der Waals surface area contributed by atoms with Gasteiger partial charge in [-0.2, -0.15) is 5.26 Å². The lowest BCUT2D eigenvalue weighted by Crippen LogP contribution is -2.40. The second-order valence-corrected chi connectivity index (χ2v) is 7.22. The standard InChI is InChI=1S/C16H14ClN3O4S/c1-11(24-14-4-2-3-12(7-14)8-18)16(21)20-25(22,23)10-13-5-6-15(17)19-9-13/h2-7,9,11H,10H2,1H3,(H,20,21). The molecule has 0 saturated carbocycles. The van der Waals surface area contributed by atoms with E-state index in [4.69, 9.17) is 21.6 Å². The predicted octanol–water partition coefficient (Wildman–Crippen LogP) is 2.02. The average Bonchev–Trinajstić information content (AvgIpc) is 2.56. The first kappa shape index (κ1) is 18.7. The van der Waals surface area contributed by atoms with Crippen molar-refractivity contribution in [2.45, 2.75) is 18.8 Å². The van der Waals surface area contributed by atoms with E-state index in [1.165, 1.54) is 31.3 Å². The number of benzene rings is 1. The van der Waals surface area contributed by atoms with Crippen molar-refractivity contribution < 1.29 is 17.9 Å². The van der Waals surface area contributed by atoms with Crippen LogP contribution in [0.3, 0.4) is 0 Å². The fraction of sp³-hybridized carbons (Fsp3) is 0.188. The fourth-order valence-corrected chi connectivity index (χ4v) is 3.15. The molecular weight excluding hydrogens is 366 g/mol. The van der Waals surface area contributed by atoms with Crippen molar-refractivity contribution in [1.29, 1.82) is 5.26 Å². The van der Waals surface area contributed by atoms with Gasteiger partial charge in [0.2, 0.25) is 10.0 Å². The third-order valence-electron chi connectivity index (χ3n) is 3.05. The summed E-state index contributed by atoms with van der Waals surface area (Å²) < 4.78 is 31.4. The molecule has 1 unspecified atom stereocenters. The largest absolute Gasteiger partial charge is 0.481 e. The number of hydrogen-bond acceptors (Lipinski definition) is 6. The summed E-state index contributed by atoms with van der Waals surface area (Å²) in [6.07, 6.45) is 0.256. The summed E-state index contributed by atoms with van der Waals surface area (Å²) in [7, 11) is -3.91. The number of hydrogen-bond donors (Lipinski definition) is 1. The topological polar surface area (TPSA) is 109 Å². The van der Waals surface area contributed by atoms with Gasteiger partial charge in [0, 0.05) is 6.20 Å². The van der Waals surface area contributed by atoms with Crippen molar-refractivity contribution in [2.24, 2.45) is 0 Å². The zero-order valence-corrected chi connectivity index (χ0v) is 14.7. The first-order valence-electron chi connectivity index (χ1n) is 7.10. The monoisotopic (exact) mass is 379 g/mol. The van der Waals surface area contributed by atoms with Gasteiger partial charge in [0.05, 0.1) is 17.4 Å². The summed E-state index contributed by atoms with van der Waals surface area (Å²) >= 11 is 5.64. The van der Waals surface area contributed by atoms with E-state index in [2.05, 4.69) is 4.98 Å². The van der Waals surface area contributed by atoms with E-state index in [1.54, 1.807) is 18.2 Å².